The molecule has 2 amide bonds. The van der Waals surface area contributed by atoms with Gasteiger partial charge >= 0.3 is 18.2 Å². The summed E-state index contributed by atoms with van der Waals surface area (Å²) >= 11 is 0. The molecule has 2 aliphatic carbocycles. The summed E-state index contributed by atoms with van der Waals surface area (Å²) in [7, 11) is 1.69. The molecule has 0 aliphatic heterocycles. The molecule has 0 aromatic heterocycles. The van der Waals surface area contributed by atoms with Crippen LogP contribution in [-0.4, -0.2) is 71.6 Å². The maximum absolute atomic E-state index is 12.7. The maximum Gasteiger partial charge on any atom is 0.410 e. The number of hydrogen-bond donors (Lipinski definition) is 2. The number of nitrogens with one attached hydrogen (secondary N) is 2. The Labute approximate surface area is 191 Å². The van der Waals surface area contributed by atoms with Gasteiger partial charge in [0.25, 0.3) is 0 Å². The van der Waals surface area contributed by atoms with E-state index in [1.165, 1.54) is 0 Å². The molecular weight excluding hydrogens is 414 g/mol. The highest BCUT2D eigenvalue weighted by Gasteiger charge is 2.53. The van der Waals surface area contributed by atoms with Gasteiger partial charge in [0.15, 0.2) is 0 Å². The number of esters is 1. The normalized spacial score (nSPS) is 24.8. The molecule has 3 atom stereocenters. The average Bonchev–Trinajstić information content (AvgIpc) is 3.39. The van der Waals surface area contributed by atoms with E-state index in [2.05, 4.69) is 10.6 Å². The number of rotatable bonds is 6. The molecule has 0 aromatic carbocycles. The first-order valence-electron chi connectivity index (χ1n) is 11.6. The predicted molar refractivity (Wildman–Crippen MR) is 120 cm³/mol. The monoisotopic (exact) mass is 455 g/mol. The van der Waals surface area contributed by atoms with Crippen molar-refractivity contribution in [3.05, 3.63) is 0 Å². The molecule has 2 fully saturated rings. The van der Waals surface area contributed by atoms with Crippen LogP contribution in [0.15, 0.2) is 0 Å². The lowest BCUT2D eigenvalue weighted by molar-refractivity contribution is -0.147. The third-order valence-electron chi connectivity index (χ3n) is 5.59. The van der Waals surface area contributed by atoms with Crippen molar-refractivity contribution in [2.24, 2.45) is 0 Å². The number of nitrogens with zero attached hydrogens (tertiary/aromatic N) is 1. The van der Waals surface area contributed by atoms with Crippen LogP contribution in [0.4, 0.5) is 9.59 Å². The summed E-state index contributed by atoms with van der Waals surface area (Å²) in [6.07, 6.45) is 2.48. The van der Waals surface area contributed by atoms with Gasteiger partial charge in [-0.1, -0.05) is 0 Å². The fourth-order valence-corrected chi connectivity index (χ4v) is 4.02. The van der Waals surface area contributed by atoms with Gasteiger partial charge in [-0.05, 0) is 80.6 Å². The van der Waals surface area contributed by atoms with Gasteiger partial charge in [-0.25, -0.2) is 9.59 Å². The van der Waals surface area contributed by atoms with Crippen LogP contribution in [-0.2, 0) is 19.0 Å². The molecule has 184 valence electrons. The standard InChI is InChI=1S/C23H41N3O6/c1-9-30-18(27)23(12-13-23)25-15-10-11-17(26(8)20(29)32-22(5,6)7)16(14-15)24-19(28)31-21(2,3)4/h15-17,25H,9-14H2,1-8H3,(H,24,28)/t15?,16-,17+/m1/s1. The molecule has 2 saturated carbocycles. The van der Waals surface area contributed by atoms with E-state index in [1.807, 2.05) is 20.8 Å². The van der Waals surface area contributed by atoms with Crippen molar-refractivity contribution in [2.45, 2.75) is 115 Å². The number of carbonyl (C=O) groups excluding carboxylic acids is 3. The van der Waals surface area contributed by atoms with Gasteiger partial charge in [0.1, 0.15) is 16.7 Å². The van der Waals surface area contributed by atoms with Crippen LogP contribution in [0, 0.1) is 0 Å². The fraction of sp³-hybridized carbons (Fsp3) is 0.870. The summed E-state index contributed by atoms with van der Waals surface area (Å²) in [6, 6.07) is -0.607. The van der Waals surface area contributed by atoms with Crippen LogP contribution in [0.5, 0.6) is 0 Å². The predicted octanol–water partition coefficient (Wildman–Crippen LogP) is 3.35. The van der Waals surface area contributed by atoms with Gasteiger partial charge in [-0.15, -0.1) is 0 Å². The first kappa shape index (κ1) is 26.2. The van der Waals surface area contributed by atoms with Crippen LogP contribution in [0.1, 0.15) is 80.6 Å². The minimum atomic E-state index is -0.634. The second-order valence-electron chi connectivity index (χ2n) is 10.9. The minimum absolute atomic E-state index is 0.00475. The molecule has 32 heavy (non-hydrogen) atoms. The van der Waals surface area contributed by atoms with E-state index in [0.29, 0.717) is 19.4 Å². The molecule has 0 spiro atoms. The van der Waals surface area contributed by atoms with Gasteiger partial charge in [0, 0.05) is 13.1 Å². The largest absolute Gasteiger partial charge is 0.465 e. The van der Waals surface area contributed by atoms with Crippen molar-refractivity contribution in [3.8, 4) is 0 Å². The van der Waals surface area contributed by atoms with Crippen molar-refractivity contribution in [2.75, 3.05) is 13.7 Å². The molecule has 0 aromatic rings. The SMILES string of the molecule is CCOC(=O)C1(NC2CC[C@H](N(C)C(=O)OC(C)(C)C)[C@H](NC(=O)OC(C)(C)C)C2)CC1. The number of hydrogen-bond acceptors (Lipinski definition) is 7. The molecule has 9 nitrogen and oxygen atoms in total. The van der Waals surface area contributed by atoms with E-state index in [0.717, 1.165) is 19.3 Å². The van der Waals surface area contributed by atoms with Gasteiger partial charge in [-0.2, -0.15) is 0 Å². The highest BCUT2D eigenvalue weighted by Crippen LogP contribution is 2.39. The fourth-order valence-electron chi connectivity index (χ4n) is 4.02. The van der Waals surface area contributed by atoms with E-state index in [4.69, 9.17) is 14.2 Å². The molecule has 2 aliphatic rings. The zero-order valence-electron chi connectivity index (χ0n) is 20.9. The van der Waals surface area contributed by atoms with Crippen LogP contribution in [0.25, 0.3) is 0 Å². The quantitative estimate of drug-likeness (QED) is 0.467. The summed E-state index contributed by atoms with van der Waals surface area (Å²) in [5.74, 6) is -0.218. The third kappa shape index (κ3) is 7.53. The van der Waals surface area contributed by atoms with Crippen molar-refractivity contribution in [1.29, 1.82) is 0 Å². The zero-order valence-corrected chi connectivity index (χ0v) is 20.9. The van der Waals surface area contributed by atoms with E-state index in [1.54, 1.807) is 39.6 Å². The number of alkyl carbamates (subject to hydrolysis) is 1. The molecular formula is C23H41N3O6. The first-order valence-corrected chi connectivity index (χ1v) is 11.6. The molecule has 0 saturated heterocycles. The Morgan fingerprint density at radius 2 is 1.59 bits per heavy atom. The summed E-state index contributed by atoms with van der Waals surface area (Å²) in [6.45, 7) is 13.0. The molecule has 0 radical (unpaired) electrons. The molecule has 9 heteroatoms. The summed E-state index contributed by atoms with van der Waals surface area (Å²) in [5, 5.41) is 6.42. The second kappa shape index (κ2) is 9.85. The van der Waals surface area contributed by atoms with E-state index < -0.39 is 28.9 Å². The second-order valence-corrected chi connectivity index (χ2v) is 10.9. The lowest BCUT2D eigenvalue weighted by Crippen LogP contribution is -2.60. The summed E-state index contributed by atoms with van der Waals surface area (Å²) < 4.78 is 16.2. The average molecular weight is 456 g/mol. The van der Waals surface area contributed by atoms with Crippen molar-refractivity contribution >= 4 is 18.2 Å². The van der Waals surface area contributed by atoms with E-state index in [9.17, 15) is 14.4 Å². The van der Waals surface area contributed by atoms with Crippen molar-refractivity contribution in [3.63, 3.8) is 0 Å². The minimum Gasteiger partial charge on any atom is -0.465 e. The summed E-state index contributed by atoms with van der Waals surface area (Å²) in [5.41, 5.74) is -1.87. The number of ether oxygens (including phenoxy) is 3. The molecule has 2 rings (SSSR count). The highest BCUT2D eigenvalue weighted by molar-refractivity contribution is 5.84. The van der Waals surface area contributed by atoms with Gasteiger partial charge in [0.05, 0.1) is 18.7 Å². The van der Waals surface area contributed by atoms with Gasteiger partial charge < -0.3 is 24.4 Å². The van der Waals surface area contributed by atoms with Gasteiger partial charge in [-0.3, -0.25) is 10.1 Å². The van der Waals surface area contributed by atoms with Crippen LogP contribution < -0.4 is 10.6 Å². The van der Waals surface area contributed by atoms with Crippen LogP contribution in [0.3, 0.4) is 0 Å². The molecule has 1 unspecified atom stereocenters. The smallest absolute Gasteiger partial charge is 0.410 e. The number of likely N-dealkylation sites (N-methyl/N-ethyl adjacent to an activating group) is 1. The topological polar surface area (TPSA) is 106 Å². The van der Waals surface area contributed by atoms with Crippen LogP contribution in [0.2, 0.25) is 0 Å². The molecule has 2 N–H and O–H groups in total. The highest BCUT2D eigenvalue weighted by atomic mass is 16.6. The Hall–Kier alpha value is -2.03. The lowest BCUT2D eigenvalue weighted by atomic mass is 9.85. The lowest BCUT2D eigenvalue weighted by Gasteiger charge is -2.42. The first-order chi connectivity index (χ1) is 14.7. The zero-order chi connectivity index (χ0) is 24.3. The van der Waals surface area contributed by atoms with Crippen LogP contribution >= 0.6 is 0 Å². The third-order valence-corrected chi connectivity index (χ3v) is 5.59. The Morgan fingerprint density at radius 1 is 1.00 bits per heavy atom. The Morgan fingerprint density at radius 3 is 2.09 bits per heavy atom. The van der Waals surface area contributed by atoms with Crippen molar-refractivity contribution in [1.82, 2.24) is 15.5 Å². The van der Waals surface area contributed by atoms with Gasteiger partial charge in [0.2, 0.25) is 0 Å². The number of carbonyl (C=O) groups is 3. The molecule has 0 heterocycles. The Balaban J connectivity index is 2.12. The summed E-state index contributed by atoms with van der Waals surface area (Å²) in [4.78, 5) is 39.1. The van der Waals surface area contributed by atoms with Crippen molar-refractivity contribution < 1.29 is 28.6 Å². The maximum atomic E-state index is 12.7. The molecule has 0 bridgehead atoms. The Kier molecular flexibility index (Phi) is 8.07. The van der Waals surface area contributed by atoms with E-state index >= 15 is 0 Å². The van der Waals surface area contributed by atoms with E-state index in [-0.39, 0.29) is 24.1 Å². The Bertz CT molecular complexity index is 693. The number of amides is 2.